The minimum atomic E-state index is 0.145. The normalized spacial score (nSPS) is 22.4. The summed E-state index contributed by atoms with van der Waals surface area (Å²) in [5.41, 5.74) is 1.40. The first-order valence-electron chi connectivity index (χ1n) is 6.84. The van der Waals surface area contributed by atoms with Gasteiger partial charge in [0.25, 0.3) is 0 Å². The molecule has 1 fully saturated rings. The molecule has 1 aromatic carbocycles. The first kappa shape index (κ1) is 12.8. The topological polar surface area (TPSA) is 74.7 Å². The van der Waals surface area contributed by atoms with Gasteiger partial charge in [-0.1, -0.05) is 24.2 Å². The lowest BCUT2D eigenvalue weighted by molar-refractivity contribution is 0.266. The van der Waals surface area contributed by atoms with Gasteiger partial charge < -0.3 is 9.84 Å². The minimum absolute atomic E-state index is 0.145. The highest BCUT2D eigenvalue weighted by Gasteiger charge is 2.24. The highest BCUT2D eigenvalue weighted by Crippen LogP contribution is 2.26. The second kappa shape index (κ2) is 5.43. The van der Waals surface area contributed by atoms with Gasteiger partial charge >= 0.3 is 0 Å². The molecule has 0 bridgehead atoms. The molecular formula is C15H16N4O. The van der Waals surface area contributed by atoms with Crippen LogP contribution in [0.4, 0.5) is 0 Å². The number of benzene rings is 1. The summed E-state index contributed by atoms with van der Waals surface area (Å²) in [7, 11) is 0. The summed E-state index contributed by atoms with van der Waals surface area (Å²) in [4.78, 5) is 4.45. The predicted molar refractivity (Wildman–Crippen MR) is 73.6 cm³/mol. The maximum atomic E-state index is 8.92. The van der Waals surface area contributed by atoms with Crippen molar-refractivity contribution in [2.45, 2.75) is 25.8 Å². The maximum absolute atomic E-state index is 8.92. The molecule has 1 aliphatic rings. The smallest absolute Gasteiger partial charge is 0.244 e. The number of hydrogen-bond donors (Lipinski definition) is 1. The van der Waals surface area contributed by atoms with Crippen molar-refractivity contribution in [3.63, 3.8) is 0 Å². The third-order valence-corrected chi connectivity index (χ3v) is 3.65. The zero-order chi connectivity index (χ0) is 13.9. The van der Waals surface area contributed by atoms with Crippen molar-refractivity contribution in [2.75, 3.05) is 6.54 Å². The molecule has 5 nitrogen and oxygen atoms in total. The van der Waals surface area contributed by atoms with Crippen molar-refractivity contribution in [2.24, 2.45) is 5.92 Å². The molecule has 5 heteroatoms. The molecule has 0 aliphatic carbocycles. The Hall–Kier alpha value is -2.19. The van der Waals surface area contributed by atoms with Gasteiger partial charge in [-0.3, -0.25) is 0 Å². The molecule has 0 unspecified atom stereocenters. The molecule has 0 saturated carbocycles. The van der Waals surface area contributed by atoms with Gasteiger partial charge in [0.15, 0.2) is 0 Å². The third-order valence-electron chi connectivity index (χ3n) is 3.65. The van der Waals surface area contributed by atoms with Crippen molar-refractivity contribution >= 4 is 0 Å². The number of nitrogens with one attached hydrogen (secondary N) is 1. The van der Waals surface area contributed by atoms with Crippen LogP contribution in [-0.2, 0) is 0 Å². The van der Waals surface area contributed by atoms with Crippen LogP contribution >= 0.6 is 0 Å². The fourth-order valence-electron chi connectivity index (χ4n) is 2.43. The average Bonchev–Trinajstić information content (AvgIpc) is 2.98. The van der Waals surface area contributed by atoms with Crippen molar-refractivity contribution < 1.29 is 4.52 Å². The van der Waals surface area contributed by atoms with Gasteiger partial charge in [0.05, 0.1) is 17.7 Å². The third kappa shape index (κ3) is 2.56. The Morgan fingerprint density at radius 3 is 3.05 bits per heavy atom. The molecule has 2 heterocycles. The Kier molecular flexibility index (Phi) is 3.48. The fourth-order valence-corrected chi connectivity index (χ4v) is 2.43. The summed E-state index contributed by atoms with van der Waals surface area (Å²) in [5, 5.41) is 16.4. The van der Waals surface area contributed by atoms with E-state index in [1.165, 1.54) is 6.42 Å². The number of piperidine rings is 1. The summed E-state index contributed by atoms with van der Waals surface area (Å²) >= 11 is 0. The first-order valence-corrected chi connectivity index (χ1v) is 6.84. The van der Waals surface area contributed by atoms with E-state index >= 15 is 0 Å². The number of hydrogen-bond acceptors (Lipinski definition) is 5. The highest BCUT2D eigenvalue weighted by atomic mass is 16.5. The predicted octanol–water partition coefficient (Wildman–Crippen LogP) is 2.67. The molecule has 20 heavy (non-hydrogen) atoms. The summed E-state index contributed by atoms with van der Waals surface area (Å²) in [5.74, 6) is 1.87. The Labute approximate surface area is 117 Å². The van der Waals surface area contributed by atoms with Gasteiger partial charge in [-0.25, -0.2) is 0 Å². The summed E-state index contributed by atoms with van der Waals surface area (Å²) in [6.07, 6.45) is 2.18. The van der Waals surface area contributed by atoms with E-state index in [9.17, 15) is 0 Å². The van der Waals surface area contributed by atoms with E-state index in [4.69, 9.17) is 9.78 Å². The monoisotopic (exact) mass is 268 g/mol. The van der Waals surface area contributed by atoms with Crippen LogP contribution in [0, 0.1) is 17.2 Å². The van der Waals surface area contributed by atoms with E-state index in [1.807, 2.05) is 12.1 Å². The lowest BCUT2D eigenvalue weighted by Crippen LogP contribution is -2.32. The van der Waals surface area contributed by atoms with Crippen LogP contribution in [0.1, 0.15) is 37.3 Å². The summed E-state index contributed by atoms with van der Waals surface area (Å²) in [6.45, 7) is 3.21. The number of rotatable bonds is 2. The molecule has 0 radical (unpaired) electrons. The zero-order valence-electron chi connectivity index (χ0n) is 11.3. The van der Waals surface area contributed by atoms with E-state index in [0.29, 0.717) is 23.2 Å². The quantitative estimate of drug-likeness (QED) is 0.906. The molecule has 102 valence electrons. The van der Waals surface area contributed by atoms with Gasteiger partial charge in [0, 0.05) is 5.56 Å². The molecule has 1 saturated heterocycles. The minimum Gasteiger partial charge on any atom is -0.337 e. The highest BCUT2D eigenvalue weighted by molar-refractivity contribution is 5.57. The Balaban J connectivity index is 1.81. The van der Waals surface area contributed by atoms with Gasteiger partial charge in [0.1, 0.15) is 0 Å². The van der Waals surface area contributed by atoms with E-state index < -0.39 is 0 Å². The molecular weight excluding hydrogens is 252 g/mol. The lowest BCUT2D eigenvalue weighted by Gasteiger charge is -2.24. The van der Waals surface area contributed by atoms with Crippen molar-refractivity contribution in [3.05, 3.63) is 35.7 Å². The second-order valence-corrected chi connectivity index (χ2v) is 5.29. The fraction of sp³-hybridized carbons (Fsp3) is 0.400. The Bertz CT molecular complexity index is 635. The van der Waals surface area contributed by atoms with Gasteiger partial charge in [-0.2, -0.15) is 10.2 Å². The lowest BCUT2D eigenvalue weighted by atomic mass is 9.96. The van der Waals surface area contributed by atoms with Crippen LogP contribution < -0.4 is 5.32 Å². The first-order chi connectivity index (χ1) is 9.76. The van der Waals surface area contributed by atoms with Crippen molar-refractivity contribution in [3.8, 4) is 17.5 Å². The van der Waals surface area contributed by atoms with Gasteiger partial charge in [-0.05, 0) is 37.4 Å². The standard InChI is InChI=1S/C15H16N4O/c1-10-5-6-13(17-9-10)15-18-14(19-20-15)12-4-2-3-11(7-12)8-16/h2-4,7,10,13,17H,5-6,9H2,1H3/t10-,13+/m1/s1. The molecule has 3 rings (SSSR count). The van der Waals surface area contributed by atoms with Crippen molar-refractivity contribution in [1.82, 2.24) is 15.5 Å². The molecule has 1 N–H and O–H groups in total. The van der Waals surface area contributed by atoms with Gasteiger partial charge in [-0.15, -0.1) is 0 Å². The van der Waals surface area contributed by atoms with Crippen LogP contribution in [0.5, 0.6) is 0 Å². The molecule has 2 atom stereocenters. The average molecular weight is 268 g/mol. The van der Waals surface area contributed by atoms with Crippen LogP contribution in [0.3, 0.4) is 0 Å². The van der Waals surface area contributed by atoms with Crippen molar-refractivity contribution in [1.29, 1.82) is 5.26 Å². The summed E-state index contributed by atoms with van der Waals surface area (Å²) < 4.78 is 5.36. The molecule has 1 aromatic heterocycles. The van der Waals surface area contributed by atoms with E-state index in [1.54, 1.807) is 12.1 Å². The largest absolute Gasteiger partial charge is 0.337 e. The number of aromatic nitrogens is 2. The molecule has 0 spiro atoms. The Morgan fingerprint density at radius 2 is 2.30 bits per heavy atom. The van der Waals surface area contributed by atoms with E-state index in [-0.39, 0.29) is 6.04 Å². The van der Waals surface area contributed by atoms with Crippen LogP contribution in [-0.4, -0.2) is 16.7 Å². The summed E-state index contributed by atoms with van der Waals surface area (Å²) in [6, 6.07) is 9.49. The second-order valence-electron chi connectivity index (χ2n) is 5.29. The molecule has 0 amide bonds. The zero-order valence-corrected chi connectivity index (χ0v) is 11.3. The Morgan fingerprint density at radius 1 is 1.40 bits per heavy atom. The molecule has 1 aliphatic heterocycles. The molecule has 2 aromatic rings. The van der Waals surface area contributed by atoms with Gasteiger partial charge in [0.2, 0.25) is 11.7 Å². The van der Waals surface area contributed by atoms with Crippen LogP contribution in [0.15, 0.2) is 28.8 Å². The van der Waals surface area contributed by atoms with E-state index in [2.05, 4.69) is 28.5 Å². The SMILES string of the molecule is C[C@@H]1CC[C@@H](c2nc(-c3cccc(C#N)c3)no2)NC1. The number of nitrogens with zero attached hydrogens (tertiary/aromatic N) is 3. The number of nitriles is 1. The maximum Gasteiger partial charge on any atom is 0.244 e. The van der Waals surface area contributed by atoms with Crippen LogP contribution in [0.2, 0.25) is 0 Å². The van der Waals surface area contributed by atoms with E-state index in [0.717, 1.165) is 18.5 Å². The van der Waals surface area contributed by atoms with Crippen LogP contribution in [0.25, 0.3) is 11.4 Å².